The summed E-state index contributed by atoms with van der Waals surface area (Å²) in [6, 6.07) is 13.4. The monoisotopic (exact) mass is 521 g/mol. The Labute approximate surface area is 217 Å². The van der Waals surface area contributed by atoms with Crippen LogP contribution in [-0.4, -0.2) is 80.4 Å². The van der Waals surface area contributed by atoms with Crippen LogP contribution in [0.5, 0.6) is 5.75 Å². The first kappa shape index (κ1) is 24.1. The molecular formula is C27H31N5O4S. The van der Waals surface area contributed by atoms with Crippen LogP contribution < -0.4 is 15.0 Å². The first-order valence-corrected chi connectivity index (χ1v) is 14.3. The Hall–Kier alpha value is -3.21. The average Bonchev–Trinajstić information content (AvgIpc) is 3.41. The molecule has 0 bridgehead atoms. The fourth-order valence-corrected chi connectivity index (χ4v) is 7.61. The van der Waals surface area contributed by atoms with Crippen molar-refractivity contribution in [2.24, 2.45) is 0 Å². The minimum Gasteiger partial charge on any atom is -0.479 e. The molecular weight excluding hydrogens is 490 g/mol. The number of nitrogens with zero attached hydrogens (tertiary/aromatic N) is 4. The van der Waals surface area contributed by atoms with Crippen LogP contribution in [0.1, 0.15) is 19.3 Å². The predicted molar refractivity (Wildman–Crippen MR) is 142 cm³/mol. The van der Waals surface area contributed by atoms with Crippen LogP contribution in [0.2, 0.25) is 0 Å². The van der Waals surface area contributed by atoms with E-state index in [1.54, 1.807) is 10.5 Å². The number of nitrogens with one attached hydrogen (secondary N) is 1. The highest BCUT2D eigenvalue weighted by molar-refractivity contribution is 7.89. The minimum absolute atomic E-state index is 0.000141. The van der Waals surface area contributed by atoms with Crippen molar-refractivity contribution in [1.82, 2.24) is 14.2 Å². The van der Waals surface area contributed by atoms with Gasteiger partial charge in [-0.25, -0.2) is 8.42 Å². The number of hydrogen-bond acceptors (Lipinski definition) is 7. The van der Waals surface area contributed by atoms with Crippen LogP contribution in [0, 0.1) is 0 Å². The highest BCUT2D eigenvalue weighted by Crippen LogP contribution is 2.38. The van der Waals surface area contributed by atoms with Crippen molar-refractivity contribution in [3.63, 3.8) is 0 Å². The molecule has 37 heavy (non-hydrogen) atoms. The molecule has 0 unspecified atom stereocenters. The van der Waals surface area contributed by atoms with Crippen LogP contribution >= 0.6 is 0 Å². The molecule has 0 spiro atoms. The molecule has 10 heteroatoms. The summed E-state index contributed by atoms with van der Waals surface area (Å²) in [4.78, 5) is 20.9. The minimum atomic E-state index is -3.62. The summed E-state index contributed by atoms with van der Waals surface area (Å²) in [6.45, 7) is 4.94. The molecule has 4 heterocycles. The van der Waals surface area contributed by atoms with Crippen LogP contribution in [0.4, 0.5) is 11.4 Å². The van der Waals surface area contributed by atoms with Crippen molar-refractivity contribution in [3.8, 4) is 5.75 Å². The van der Waals surface area contributed by atoms with Gasteiger partial charge in [-0.3, -0.25) is 14.7 Å². The Morgan fingerprint density at radius 3 is 2.70 bits per heavy atom. The van der Waals surface area contributed by atoms with Gasteiger partial charge in [-0.2, -0.15) is 4.31 Å². The summed E-state index contributed by atoms with van der Waals surface area (Å²) in [5.41, 5.74) is 1.73. The fraction of sp³-hybridized carbons (Fsp3) is 0.407. The summed E-state index contributed by atoms with van der Waals surface area (Å²) in [6.07, 6.45) is 5.78. The van der Waals surface area contributed by atoms with Gasteiger partial charge in [0.15, 0.2) is 12.4 Å². The number of para-hydroxylation sites is 1. The predicted octanol–water partition coefficient (Wildman–Crippen LogP) is 2.93. The molecule has 1 amide bonds. The van der Waals surface area contributed by atoms with E-state index in [9.17, 15) is 13.2 Å². The normalized spacial score (nSPS) is 21.0. The second-order valence-electron chi connectivity index (χ2n) is 9.88. The number of aromatic nitrogens is 1. The van der Waals surface area contributed by atoms with Gasteiger partial charge in [0.2, 0.25) is 10.0 Å². The highest BCUT2D eigenvalue weighted by Gasteiger charge is 2.36. The van der Waals surface area contributed by atoms with E-state index in [0.717, 1.165) is 79.9 Å². The molecule has 1 N–H and O–H groups in total. The number of carbonyl (C=O) groups is 1. The quantitative estimate of drug-likeness (QED) is 0.533. The third-order valence-corrected chi connectivity index (χ3v) is 9.63. The number of fused-ring (bicyclic) bond motifs is 2. The average molecular weight is 522 g/mol. The van der Waals surface area contributed by atoms with Crippen LogP contribution in [0.15, 0.2) is 59.8 Å². The molecule has 3 aliphatic heterocycles. The van der Waals surface area contributed by atoms with Crippen molar-refractivity contribution >= 4 is 38.1 Å². The lowest BCUT2D eigenvalue weighted by atomic mass is 10.1. The molecule has 0 aliphatic carbocycles. The zero-order valence-electron chi connectivity index (χ0n) is 20.7. The second kappa shape index (κ2) is 9.92. The lowest BCUT2D eigenvalue weighted by molar-refractivity contribution is -0.118. The number of hydrogen-bond donors (Lipinski definition) is 1. The molecule has 2 fully saturated rings. The molecule has 194 valence electrons. The summed E-state index contributed by atoms with van der Waals surface area (Å²) in [5, 5.41) is 4.44. The number of sulfonamides is 1. The third-order valence-electron chi connectivity index (χ3n) is 7.65. The summed E-state index contributed by atoms with van der Waals surface area (Å²) in [7, 11) is -3.62. The Bertz CT molecular complexity index is 1420. The lowest BCUT2D eigenvalue weighted by Gasteiger charge is -2.38. The van der Waals surface area contributed by atoms with Gasteiger partial charge in [0.05, 0.1) is 11.4 Å². The maximum atomic E-state index is 13.7. The van der Waals surface area contributed by atoms with E-state index in [0.29, 0.717) is 11.4 Å². The van der Waals surface area contributed by atoms with E-state index >= 15 is 0 Å². The zero-order valence-corrected chi connectivity index (χ0v) is 21.5. The molecule has 0 radical (unpaired) electrons. The number of benzene rings is 2. The molecule has 6 rings (SSSR count). The molecule has 3 aromatic rings. The van der Waals surface area contributed by atoms with Gasteiger partial charge in [0, 0.05) is 61.9 Å². The number of amides is 1. The first-order chi connectivity index (χ1) is 18.0. The number of carbonyl (C=O) groups excluding carboxylic acids is 1. The number of rotatable bonds is 6. The molecule has 2 aromatic carbocycles. The maximum Gasteiger partial charge on any atom is 0.262 e. The van der Waals surface area contributed by atoms with Crippen LogP contribution in [-0.2, 0) is 14.8 Å². The molecule has 1 atom stereocenters. The molecule has 1 aromatic heterocycles. The molecule has 2 saturated heterocycles. The Balaban J connectivity index is 1.09. The van der Waals surface area contributed by atoms with Gasteiger partial charge >= 0.3 is 0 Å². The van der Waals surface area contributed by atoms with Crippen LogP contribution in [0.25, 0.3) is 10.8 Å². The van der Waals surface area contributed by atoms with E-state index in [1.165, 1.54) is 6.20 Å². The van der Waals surface area contributed by atoms with E-state index < -0.39 is 10.0 Å². The Kier molecular flexibility index (Phi) is 6.48. The van der Waals surface area contributed by atoms with Gasteiger partial charge in [-0.05, 0) is 37.9 Å². The summed E-state index contributed by atoms with van der Waals surface area (Å²) < 4.78 is 34.8. The van der Waals surface area contributed by atoms with Crippen molar-refractivity contribution in [3.05, 3.63) is 54.9 Å². The number of anilines is 2. The molecule has 9 nitrogen and oxygen atoms in total. The zero-order chi connectivity index (χ0) is 25.4. The maximum absolute atomic E-state index is 13.7. The van der Waals surface area contributed by atoms with Gasteiger partial charge in [-0.1, -0.05) is 30.3 Å². The summed E-state index contributed by atoms with van der Waals surface area (Å²) >= 11 is 0. The number of piperazine rings is 1. The second-order valence-corrected chi connectivity index (χ2v) is 11.7. The highest BCUT2D eigenvalue weighted by atomic mass is 32.2. The summed E-state index contributed by atoms with van der Waals surface area (Å²) in [5.74, 6) is 0.611. The van der Waals surface area contributed by atoms with Gasteiger partial charge in [0.1, 0.15) is 4.90 Å². The van der Waals surface area contributed by atoms with Crippen molar-refractivity contribution < 1.29 is 17.9 Å². The fourth-order valence-electron chi connectivity index (χ4n) is 5.73. The Morgan fingerprint density at radius 1 is 1.00 bits per heavy atom. The Morgan fingerprint density at radius 2 is 1.84 bits per heavy atom. The largest absolute Gasteiger partial charge is 0.479 e. The molecule has 0 saturated carbocycles. The van der Waals surface area contributed by atoms with Crippen molar-refractivity contribution in [2.75, 3.05) is 56.1 Å². The first-order valence-electron chi connectivity index (χ1n) is 12.9. The molecule has 3 aliphatic rings. The van der Waals surface area contributed by atoms with Crippen molar-refractivity contribution in [1.29, 1.82) is 0 Å². The van der Waals surface area contributed by atoms with E-state index in [1.807, 2.05) is 42.5 Å². The van der Waals surface area contributed by atoms with Gasteiger partial charge in [0.25, 0.3) is 5.91 Å². The van der Waals surface area contributed by atoms with Gasteiger partial charge in [-0.15, -0.1) is 0 Å². The number of ether oxygens (including phenoxy) is 1. The topological polar surface area (TPSA) is 95.1 Å². The third kappa shape index (κ3) is 4.65. The SMILES string of the molecule is O=C1COc2c(cccc2N2CCN(CC[C@@H]3CCCN3S(=O)(=O)c3cncc4ccccc34)CC2)N1. The number of pyridine rings is 1. The standard InChI is InChI=1S/C27H31N5O4S/c33-26-19-36-27-23(29-26)8-3-9-24(27)31-15-13-30(14-16-31)12-10-21-6-4-11-32(21)37(34,35)25-18-28-17-20-5-1-2-7-22(20)25/h1-3,5,7-9,17-18,21H,4,6,10-16,19H2,(H,29,33)/t21-/m0/s1. The van der Waals surface area contributed by atoms with Gasteiger partial charge < -0.3 is 15.0 Å². The van der Waals surface area contributed by atoms with Crippen LogP contribution in [0.3, 0.4) is 0 Å². The van der Waals surface area contributed by atoms with E-state index in [2.05, 4.69) is 20.1 Å². The van der Waals surface area contributed by atoms with Crippen molar-refractivity contribution in [2.45, 2.75) is 30.2 Å². The van der Waals surface area contributed by atoms with E-state index in [4.69, 9.17) is 4.74 Å². The smallest absolute Gasteiger partial charge is 0.262 e. The van der Waals surface area contributed by atoms with E-state index in [-0.39, 0.29) is 18.6 Å². The lowest BCUT2D eigenvalue weighted by Crippen LogP contribution is -2.48.